The molecule has 8 nitrogen and oxygen atoms in total. The summed E-state index contributed by atoms with van der Waals surface area (Å²) >= 11 is 0. The summed E-state index contributed by atoms with van der Waals surface area (Å²) < 4.78 is 38.8. The van der Waals surface area contributed by atoms with Gasteiger partial charge >= 0.3 is 5.97 Å². The molecule has 1 saturated heterocycles. The van der Waals surface area contributed by atoms with E-state index in [1.807, 2.05) is 25.5 Å². The van der Waals surface area contributed by atoms with Crippen molar-refractivity contribution in [3.05, 3.63) is 58.9 Å². The number of esters is 1. The fourth-order valence-electron chi connectivity index (χ4n) is 3.25. The number of benzene rings is 1. The monoisotopic (exact) mass is 446 g/mol. The van der Waals surface area contributed by atoms with E-state index in [0.717, 1.165) is 11.4 Å². The maximum Gasteiger partial charge on any atom is 0.331 e. The maximum absolute atomic E-state index is 12.6. The van der Waals surface area contributed by atoms with E-state index in [9.17, 15) is 18.0 Å². The summed E-state index contributed by atoms with van der Waals surface area (Å²) in [5, 5.41) is 0. The highest BCUT2D eigenvalue weighted by atomic mass is 32.2. The number of hydrogen-bond donors (Lipinski definition) is 0. The lowest BCUT2D eigenvalue weighted by molar-refractivity contribution is -0.136. The van der Waals surface area contributed by atoms with Gasteiger partial charge in [-0.15, -0.1) is 0 Å². The van der Waals surface area contributed by atoms with Crippen LogP contribution < -0.4 is 0 Å². The number of nitrogens with zero attached hydrogens (tertiary/aromatic N) is 2. The number of ether oxygens (including phenoxy) is 2. The van der Waals surface area contributed by atoms with Gasteiger partial charge in [-0.05, 0) is 43.7 Å². The zero-order valence-electron chi connectivity index (χ0n) is 17.8. The molecule has 0 N–H and O–H groups in total. The van der Waals surface area contributed by atoms with Gasteiger partial charge in [-0.1, -0.05) is 12.1 Å². The standard InChI is InChI=1S/C22H26N2O6S/c1-16-14-20(17(2)23(16)3)21(25)15-30-22(26)9-6-18-4-7-19(8-5-18)31(27,28)24-10-12-29-13-11-24/h4-9,14H,10-13,15H2,1-3H3/b9-6+. The van der Waals surface area contributed by atoms with Crippen LogP contribution in [-0.4, -0.2) is 62.0 Å². The highest BCUT2D eigenvalue weighted by Crippen LogP contribution is 2.18. The average molecular weight is 447 g/mol. The summed E-state index contributed by atoms with van der Waals surface area (Å²) in [6.07, 6.45) is 2.72. The molecule has 1 aromatic carbocycles. The van der Waals surface area contributed by atoms with E-state index in [-0.39, 0.29) is 17.3 Å². The molecule has 1 aliphatic heterocycles. The second-order valence-corrected chi connectivity index (χ2v) is 9.23. The number of Topliss-reactive ketones (excluding diaryl/α,β-unsaturated/α-hetero) is 1. The van der Waals surface area contributed by atoms with Gasteiger partial charge in [-0.3, -0.25) is 4.79 Å². The van der Waals surface area contributed by atoms with Crippen LogP contribution in [0.1, 0.15) is 27.3 Å². The number of ketones is 1. The summed E-state index contributed by atoms with van der Waals surface area (Å²) in [5.41, 5.74) is 2.94. The minimum absolute atomic E-state index is 0.188. The average Bonchev–Trinajstić information content (AvgIpc) is 3.04. The molecule has 0 aliphatic carbocycles. The van der Waals surface area contributed by atoms with E-state index < -0.39 is 16.0 Å². The highest BCUT2D eigenvalue weighted by Gasteiger charge is 2.26. The van der Waals surface area contributed by atoms with Crippen molar-refractivity contribution in [1.82, 2.24) is 8.87 Å². The Morgan fingerprint density at radius 3 is 2.35 bits per heavy atom. The van der Waals surface area contributed by atoms with Crippen LogP contribution in [0, 0.1) is 13.8 Å². The van der Waals surface area contributed by atoms with Gasteiger partial charge in [0.15, 0.2) is 6.61 Å². The molecule has 9 heteroatoms. The predicted octanol–water partition coefficient (Wildman–Crippen LogP) is 2.10. The van der Waals surface area contributed by atoms with E-state index in [0.29, 0.717) is 37.4 Å². The number of aryl methyl sites for hydroxylation is 1. The zero-order chi connectivity index (χ0) is 22.6. The van der Waals surface area contributed by atoms with Gasteiger partial charge in [0.25, 0.3) is 0 Å². The number of carbonyl (C=O) groups excluding carboxylic acids is 2. The summed E-state index contributed by atoms with van der Waals surface area (Å²) in [6, 6.07) is 7.99. The summed E-state index contributed by atoms with van der Waals surface area (Å²) in [7, 11) is -1.69. The van der Waals surface area contributed by atoms with Gasteiger partial charge in [0.05, 0.1) is 18.1 Å². The number of rotatable bonds is 7. The number of carbonyl (C=O) groups is 2. The molecular weight excluding hydrogens is 420 g/mol. The first-order chi connectivity index (χ1) is 14.7. The molecule has 2 heterocycles. The molecule has 1 aliphatic rings. The Morgan fingerprint density at radius 1 is 1.13 bits per heavy atom. The van der Waals surface area contributed by atoms with Gasteiger partial charge in [-0.2, -0.15) is 4.31 Å². The van der Waals surface area contributed by atoms with Gasteiger partial charge in [-0.25, -0.2) is 13.2 Å². The Hall–Kier alpha value is -2.75. The molecule has 31 heavy (non-hydrogen) atoms. The first-order valence-corrected chi connectivity index (χ1v) is 11.3. The van der Waals surface area contributed by atoms with Crippen LogP contribution >= 0.6 is 0 Å². The van der Waals surface area contributed by atoms with E-state index in [1.165, 1.54) is 28.6 Å². The van der Waals surface area contributed by atoms with E-state index in [4.69, 9.17) is 9.47 Å². The molecule has 1 aromatic heterocycles. The van der Waals surface area contributed by atoms with Crippen LogP contribution in [0.3, 0.4) is 0 Å². The van der Waals surface area contributed by atoms with Crippen LogP contribution in [0.15, 0.2) is 41.3 Å². The van der Waals surface area contributed by atoms with Crippen LogP contribution in [0.2, 0.25) is 0 Å². The molecule has 0 amide bonds. The van der Waals surface area contributed by atoms with Crippen molar-refractivity contribution in [2.24, 2.45) is 7.05 Å². The van der Waals surface area contributed by atoms with Crippen molar-refractivity contribution in [1.29, 1.82) is 0 Å². The summed E-state index contributed by atoms with van der Waals surface area (Å²) in [6.45, 7) is 4.82. The lowest BCUT2D eigenvalue weighted by Gasteiger charge is -2.26. The molecule has 0 spiro atoms. The smallest absolute Gasteiger partial charge is 0.331 e. The molecule has 0 unspecified atom stereocenters. The maximum atomic E-state index is 12.6. The van der Waals surface area contributed by atoms with Crippen molar-refractivity contribution < 1.29 is 27.5 Å². The van der Waals surface area contributed by atoms with Gasteiger partial charge in [0.1, 0.15) is 0 Å². The zero-order valence-corrected chi connectivity index (χ0v) is 18.6. The fraction of sp³-hybridized carbons (Fsp3) is 0.364. The van der Waals surface area contributed by atoms with Crippen molar-refractivity contribution in [3.8, 4) is 0 Å². The minimum atomic E-state index is -3.56. The first kappa shape index (κ1) is 22.9. The second-order valence-electron chi connectivity index (χ2n) is 7.29. The van der Waals surface area contributed by atoms with E-state index >= 15 is 0 Å². The lowest BCUT2D eigenvalue weighted by Crippen LogP contribution is -2.40. The molecule has 0 atom stereocenters. The Bertz CT molecular complexity index is 1090. The van der Waals surface area contributed by atoms with Crippen LogP contribution in [-0.2, 0) is 31.3 Å². The Labute approximate surface area is 182 Å². The van der Waals surface area contributed by atoms with Crippen LogP contribution in [0.5, 0.6) is 0 Å². The third-order valence-electron chi connectivity index (χ3n) is 5.32. The van der Waals surface area contributed by atoms with E-state index in [1.54, 1.807) is 18.2 Å². The number of sulfonamides is 1. The SMILES string of the molecule is Cc1cc(C(=O)COC(=O)/C=C/c2ccc(S(=O)(=O)N3CCOCC3)cc2)c(C)n1C. The summed E-state index contributed by atoms with van der Waals surface area (Å²) in [4.78, 5) is 24.4. The van der Waals surface area contributed by atoms with Crippen LogP contribution in [0.25, 0.3) is 6.08 Å². The molecule has 0 bridgehead atoms. The van der Waals surface area contributed by atoms with E-state index in [2.05, 4.69) is 0 Å². The quantitative estimate of drug-likeness (QED) is 0.367. The Balaban J connectivity index is 1.57. The molecular formula is C22H26N2O6S. The minimum Gasteiger partial charge on any atom is -0.454 e. The van der Waals surface area contributed by atoms with Crippen LogP contribution in [0.4, 0.5) is 0 Å². The van der Waals surface area contributed by atoms with Crippen molar-refractivity contribution >= 4 is 27.9 Å². The van der Waals surface area contributed by atoms with Gasteiger partial charge in [0, 0.05) is 43.2 Å². The third-order valence-corrected chi connectivity index (χ3v) is 7.23. The van der Waals surface area contributed by atoms with Crippen molar-refractivity contribution in [2.75, 3.05) is 32.9 Å². The second kappa shape index (κ2) is 9.59. The Morgan fingerprint density at radius 2 is 1.77 bits per heavy atom. The molecule has 0 radical (unpaired) electrons. The first-order valence-electron chi connectivity index (χ1n) is 9.89. The molecule has 2 aromatic rings. The molecule has 166 valence electrons. The van der Waals surface area contributed by atoms with Crippen molar-refractivity contribution in [3.63, 3.8) is 0 Å². The largest absolute Gasteiger partial charge is 0.454 e. The molecule has 0 saturated carbocycles. The summed E-state index contributed by atoms with van der Waals surface area (Å²) in [5.74, 6) is -0.913. The van der Waals surface area contributed by atoms with Crippen molar-refractivity contribution in [2.45, 2.75) is 18.7 Å². The number of morpholine rings is 1. The number of hydrogen-bond acceptors (Lipinski definition) is 6. The number of aromatic nitrogens is 1. The Kier molecular flexibility index (Phi) is 7.09. The topological polar surface area (TPSA) is 94.9 Å². The fourth-order valence-corrected chi connectivity index (χ4v) is 4.66. The van der Waals surface area contributed by atoms with Gasteiger partial charge < -0.3 is 14.0 Å². The predicted molar refractivity (Wildman–Crippen MR) is 115 cm³/mol. The molecule has 1 fully saturated rings. The third kappa shape index (κ3) is 5.30. The lowest BCUT2D eigenvalue weighted by atomic mass is 10.1. The molecule has 3 rings (SSSR count). The normalized spacial score (nSPS) is 15.3. The van der Waals surface area contributed by atoms with Gasteiger partial charge in [0.2, 0.25) is 15.8 Å². The highest BCUT2D eigenvalue weighted by molar-refractivity contribution is 7.89.